The molecule has 0 unspecified atom stereocenters. The van der Waals surface area contributed by atoms with Gasteiger partial charge in [0.2, 0.25) is 5.91 Å². The molecule has 107 valence electrons. The molecule has 0 saturated heterocycles. The van der Waals surface area contributed by atoms with Gasteiger partial charge in [-0.1, -0.05) is 19.5 Å². The van der Waals surface area contributed by atoms with Crippen LogP contribution in [0.15, 0.2) is 18.2 Å². The third-order valence-electron chi connectivity index (χ3n) is 3.88. The van der Waals surface area contributed by atoms with Crippen molar-refractivity contribution < 1.29 is 42.6 Å². The van der Waals surface area contributed by atoms with Crippen LogP contribution in [0, 0.1) is 12.0 Å². The summed E-state index contributed by atoms with van der Waals surface area (Å²) in [5.41, 5.74) is 1.35. The maximum atomic E-state index is 12.2. The van der Waals surface area contributed by atoms with Gasteiger partial charge in [0, 0.05) is 45.7 Å². The molecule has 1 aliphatic carbocycles. The van der Waals surface area contributed by atoms with E-state index in [1.54, 1.807) is 18.9 Å². The van der Waals surface area contributed by atoms with E-state index in [0.717, 1.165) is 11.3 Å². The number of aliphatic hydroxyl groups is 1. The number of amides is 1. The molecule has 1 aromatic carbocycles. The van der Waals surface area contributed by atoms with Gasteiger partial charge in [-0.05, 0) is 25.7 Å². The predicted octanol–water partition coefficient (Wildman–Crippen LogP) is 2.73. The van der Waals surface area contributed by atoms with Crippen molar-refractivity contribution in [1.29, 1.82) is 0 Å². The quantitative estimate of drug-likeness (QED) is 0.853. The Morgan fingerprint density at radius 3 is 2.45 bits per heavy atom. The summed E-state index contributed by atoms with van der Waals surface area (Å²) in [5, 5.41) is 9.71. The molecule has 2 rings (SSSR count). The van der Waals surface area contributed by atoms with Crippen LogP contribution in [-0.2, 0) is 37.5 Å². The molecule has 3 nitrogen and oxygen atoms in total. The number of rotatable bonds is 3. The second-order valence-electron chi connectivity index (χ2n) is 6.16. The molecule has 1 aromatic rings. The maximum Gasteiger partial charge on any atom is 0.219 e. The second kappa shape index (κ2) is 6.68. The van der Waals surface area contributed by atoms with Crippen LogP contribution < -0.4 is 4.90 Å². The minimum absolute atomic E-state index is 0. The van der Waals surface area contributed by atoms with Crippen molar-refractivity contribution in [3.8, 4) is 0 Å². The van der Waals surface area contributed by atoms with E-state index in [0.29, 0.717) is 18.8 Å². The SMILES string of the molecule is CC(C)c1[c-]cc(N(C)C(=O)C2CC(C)(O)C2)cc1.[Y]. The fourth-order valence-electron chi connectivity index (χ4n) is 2.57. The molecule has 0 bridgehead atoms. The summed E-state index contributed by atoms with van der Waals surface area (Å²) in [5.74, 6) is 0.471. The molecule has 1 N–H and O–H groups in total. The summed E-state index contributed by atoms with van der Waals surface area (Å²) in [7, 11) is 1.79. The number of nitrogens with zero attached hydrogens (tertiary/aromatic N) is 1. The van der Waals surface area contributed by atoms with Crippen LogP contribution in [0.4, 0.5) is 5.69 Å². The van der Waals surface area contributed by atoms with Gasteiger partial charge in [0.1, 0.15) is 0 Å². The van der Waals surface area contributed by atoms with Crippen LogP contribution >= 0.6 is 0 Å². The molecular formula is C16H22NO2Y-. The summed E-state index contributed by atoms with van der Waals surface area (Å²) >= 11 is 0. The van der Waals surface area contributed by atoms with Crippen molar-refractivity contribution in [2.45, 2.75) is 45.1 Å². The maximum absolute atomic E-state index is 12.2. The Hall–Kier alpha value is -0.246. The normalized spacial score (nSPS) is 24.8. The van der Waals surface area contributed by atoms with E-state index in [9.17, 15) is 9.90 Å². The predicted molar refractivity (Wildman–Crippen MR) is 76.1 cm³/mol. The molecule has 0 aromatic heterocycles. The van der Waals surface area contributed by atoms with E-state index in [1.165, 1.54) is 0 Å². The molecule has 1 saturated carbocycles. The van der Waals surface area contributed by atoms with E-state index in [4.69, 9.17) is 0 Å². The number of hydrogen-bond donors (Lipinski definition) is 1. The topological polar surface area (TPSA) is 40.5 Å². The molecule has 1 amide bonds. The standard InChI is InChI=1S/C16H22NO2.Y/c1-11(2)12-5-7-14(8-6-12)17(4)15(18)13-9-16(3,19)10-13;/h5,7-8,11,13,19H,9-10H2,1-4H3;/q-1;. The second-order valence-corrected chi connectivity index (χ2v) is 6.16. The van der Waals surface area contributed by atoms with Crippen molar-refractivity contribution in [2.24, 2.45) is 5.92 Å². The summed E-state index contributed by atoms with van der Waals surface area (Å²) in [6.45, 7) is 6.02. The number of benzene rings is 1. The van der Waals surface area contributed by atoms with Crippen LogP contribution in [0.2, 0.25) is 0 Å². The summed E-state index contributed by atoms with van der Waals surface area (Å²) in [6.07, 6.45) is 1.12. The van der Waals surface area contributed by atoms with Crippen molar-refractivity contribution in [2.75, 3.05) is 11.9 Å². The van der Waals surface area contributed by atoms with Gasteiger partial charge >= 0.3 is 0 Å². The fraction of sp³-hybridized carbons (Fsp3) is 0.562. The Labute approximate surface area is 146 Å². The number of hydrogen-bond acceptors (Lipinski definition) is 2. The molecule has 20 heavy (non-hydrogen) atoms. The van der Waals surface area contributed by atoms with E-state index >= 15 is 0 Å². The van der Waals surface area contributed by atoms with Gasteiger partial charge in [-0.15, -0.1) is 6.07 Å². The molecular weight excluding hydrogens is 327 g/mol. The van der Waals surface area contributed by atoms with Crippen LogP contribution in [0.5, 0.6) is 0 Å². The Kier molecular flexibility index (Phi) is 5.94. The monoisotopic (exact) mass is 349 g/mol. The molecule has 1 radical (unpaired) electrons. The summed E-state index contributed by atoms with van der Waals surface area (Å²) < 4.78 is 0. The smallest absolute Gasteiger partial charge is 0.219 e. The Morgan fingerprint density at radius 1 is 1.45 bits per heavy atom. The molecule has 0 aliphatic heterocycles. The average molecular weight is 349 g/mol. The van der Waals surface area contributed by atoms with E-state index in [1.807, 2.05) is 18.2 Å². The molecule has 0 heterocycles. The van der Waals surface area contributed by atoms with Crippen LogP contribution in [-0.4, -0.2) is 23.7 Å². The fourth-order valence-corrected chi connectivity index (χ4v) is 2.57. The van der Waals surface area contributed by atoms with Crippen LogP contribution in [0.25, 0.3) is 0 Å². The molecule has 0 spiro atoms. The first-order valence-electron chi connectivity index (χ1n) is 6.82. The number of anilines is 1. The zero-order valence-corrected chi connectivity index (χ0v) is 15.5. The molecule has 1 aliphatic rings. The minimum atomic E-state index is -0.658. The first-order valence-corrected chi connectivity index (χ1v) is 6.82. The molecule has 0 atom stereocenters. The molecule has 4 heteroatoms. The van der Waals surface area contributed by atoms with E-state index in [-0.39, 0.29) is 44.5 Å². The van der Waals surface area contributed by atoms with E-state index < -0.39 is 5.60 Å². The van der Waals surface area contributed by atoms with Crippen LogP contribution in [0.3, 0.4) is 0 Å². The zero-order chi connectivity index (χ0) is 14.2. The van der Waals surface area contributed by atoms with Gasteiger partial charge in [-0.2, -0.15) is 23.8 Å². The summed E-state index contributed by atoms with van der Waals surface area (Å²) in [4.78, 5) is 13.9. The van der Waals surface area contributed by atoms with Crippen LogP contribution in [0.1, 0.15) is 45.1 Å². The zero-order valence-electron chi connectivity index (χ0n) is 12.7. The number of carbonyl (C=O) groups is 1. The van der Waals surface area contributed by atoms with E-state index in [2.05, 4.69) is 19.9 Å². The average Bonchev–Trinajstić information content (AvgIpc) is 2.34. The van der Waals surface area contributed by atoms with Gasteiger partial charge in [-0.3, -0.25) is 4.79 Å². The van der Waals surface area contributed by atoms with Gasteiger partial charge < -0.3 is 10.0 Å². The van der Waals surface area contributed by atoms with Gasteiger partial charge in [0.05, 0.1) is 5.60 Å². The largest absolute Gasteiger partial charge is 0.390 e. The van der Waals surface area contributed by atoms with Crippen molar-refractivity contribution in [3.63, 3.8) is 0 Å². The van der Waals surface area contributed by atoms with Crippen molar-refractivity contribution in [3.05, 3.63) is 29.8 Å². The van der Waals surface area contributed by atoms with Gasteiger partial charge in [0.15, 0.2) is 0 Å². The Balaban J connectivity index is 0.00000200. The van der Waals surface area contributed by atoms with Gasteiger partial charge in [-0.25, -0.2) is 0 Å². The minimum Gasteiger partial charge on any atom is -0.390 e. The molecule has 1 fully saturated rings. The van der Waals surface area contributed by atoms with Gasteiger partial charge in [0.25, 0.3) is 0 Å². The third kappa shape index (κ3) is 3.90. The third-order valence-corrected chi connectivity index (χ3v) is 3.88. The Bertz CT molecular complexity index is 460. The summed E-state index contributed by atoms with van der Waals surface area (Å²) in [6, 6.07) is 9.06. The Morgan fingerprint density at radius 2 is 2.05 bits per heavy atom. The number of carbonyl (C=O) groups excluding carboxylic acids is 1. The van der Waals surface area contributed by atoms with Crippen molar-refractivity contribution >= 4 is 11.6 Å². The first kappa shape index (κ1) is 17.8. The van der Waals surface area contributed by atoms with Crippen molar-refractivity contribution in [1.82, 2.24) is 0 Å². The first-order chi connectivity index (χ1) is 8.80.